The molecule has 0 amide bonds. The van der Waals surface area contributed by atoms with Crippen molar-refractivity contribution in [3.05, 3.63) is 84.5 Å². The molecule has 2 unspecified atom stereocenters. The molecule has 6 nitrogen and oxygen atoms in total. The minimum absolute atomic E-state index is 0.128. The Morgan fingerprint density at radius 2 is 1.47 bits per heavy atom. The summed E-state index contributed by atoms with van der Waals surface area (Å²) in [5.41, 5.74) is 1.94. The molecule has 0 radical (unpaired) electrons. The van der Waals surface area contributed by atoms with Gasteiger partial charge in [-0.2, -0.15) is 4.31 Å². The highest BCUT2D eigenvalue weighted by molar-refractivity contribution is 7.89. The van der Waals surface area contributed by atoms with Crippen LogP contribution in [0.15, 0.2) is 83.1 Å². The maximum Gasteiger partial charge on any atom is 0.243 e. The summed E-state index contributed by atoms with van der Waals surface area (Å²) in [5.74, 6) is 0. The van der Waals surface area contributed by atoms with Gasteiger partial charge in [0.2, 0.25) is 20.0 Å². The Balaban J connectivity index is 1.77. The van der Waals surface area contributed by atoms with Crippen LogP contribution in [0.2, 0.25) is 0 Å². The fourth-order valence-corrected chi connectivity index (χ4v) is 6.12. The molecular formula is C22H26N2O4S2. The van der Waals surface area contributed by atoms with E-state index in [9.17, 15) is 16.8 Å². The Bertz CT molecular complexity index is 1140. The van der Waals surface area contributed by atoms with Gasteiger partial charge < -0.3 is 0 Å². The SMILES string of the molecule is C=CCN(C1C=CC(NS(=O)(=O)c2ccc(C)cc2)C1)S(=O)(=O)c1ccc(C)cc1. The third-order valence-electron chi connectivity index (χ3n) is 5.01. The summed E-state index contributed by atoms with van der Waals surface area (Å²) in [7, 11) is -7.46. The zero-order chi connectivity index (χ0) is 21.9. The molecule has 2 atom stereocenters. The highest BCUT2D eigenvalue weighted by Gasteiger charge is 2.34. The van der Waals surface area contributed by atoms with Gasteiger partial charge in [-0.15, -0.1) is 6.58 Å². The molecule has 2 aromatic rings. The van der Waals surface area contributed by atoms with E-state index in [1.807, 2.05) is 13.8 Å². The molecule has 1 aliphatic carbocycles. The molecule has 1 aliphatic rings. The number of hydrogen-bond donors (Lipinski definition) is 1. The van der Waals surface area contributed by atoms with E-state index in [-0.39, 0.29) is 16.3 Å². The quantitative estimate of drug-likeness (QED) is 0.632. The lowest BCUT2D eigenvalue weighted by molar-refractivity contribution is 0.375. The van der Waals surface area contributed by atoms with Gasteiger partial charge in [-0.3, -0.25) is 0 Å². The summed E-state index contributed by atoms with van der Waals surface area (Å²) in [6.07, 6.45) is 5.28. The second-order valence-corrected chi connectivity index (χ2v) is 11.0. The monoisotopic (exact) mass is 446 g/mol. The highest BCUT2D eigenvalue weighted by Crippen LogP contribution is 2.26. The maximum atomic E-state index is 13.2. The lowest BCUT2D eigenvalue weighted by atomic mass is 10.2. The van der Waals surface area contributed by atoms with Crippen LogP contribution in [-0.4, -0.2) is 39.8 Å². The highest BCUT2D eigenvalue weighted by atomic mass is 32.2. The molecule has 0 saturated heterocycles. The third-order valence-corrected chi connectivity index (χ3v) is 8.42. The first-order valence-corrected chi connectivity index (χ1v) is 12.5. The van der Waals surface area contributed by atoms with Gasteiger partial charge >= 0.3 is 0 Å². The fourth-order valence-electron chi connectivity index (χ4n) is 3.35. The van der Waals surface area contributed by atoms with E-state index in [4.69, 9.17) is 0 Å². The van der Waals surface area contributed by atoms with E-state index in [1.165, 1.54) is 10.4 Å². The van der Waals surface area contributed by atoms with E-state index >= 15 is 0 Å². The molecule has 0 aliphatic heterocycles. The van der Waals surface area contributed by atoms with E-state index in [2.05, 4.69) is 11.3 Å². The lowest BCUT2D eigenvalue weighted by Gasteiger charge is -2.27. The van der Waals surface area contributed by atoms with Crippen LogP contribution in [0.5, 0.6) is 0 Å². The zero-order valence-corrected chi connectivity index (χ0v) is 18.7. The first kappa shape index (κ1) is 22.4. The standard InChI is InChI=1S/C22H26N2O4S2/c1-4-15-24(30(27,28)22-13-7-18(3)8-14-22)20-10-9-19(16-20)23-29(25,26)21-11-5-17(2)6-12-21/h4-14,19-20,23H,1,15-16H2,2-3H3. The van der Waals surface area contributed by atoms with Crippen molar-refractivity contribution in [1.29, 1.82) is 0 Å². The molecule has 0 heterocycles. The van der Waals surface area contributed by atoms with Crippen molar-refractivity contribution in [2.45, 2.75) is 42.1 Å². The summed E-state index contributed by atoms with van der Waals surface area (Å²) < 4.78 is 55.7. The molecule has 160 valence electrons. The number of sulfonamides is 2. The second-order valence-electron chi connectivity index (χ2n) is 7.41. The topological polar surface area (TPSA) is 83.6 Å². The maximum absolute atomic E-state index is 13.2. The zero-order valence-electron chi connectivity index (χ0n) is 17.0. The van der Waals surface area contributed by atoms with Gasteiger partial charge in [-0.25, -0.2) is 21.6 Å². The molecule has 1 N–H and O–H groups in total. The largest absolute Gasteiger partial charge is 0.243 e. The summed E-state index contributed by atoms with van der Waals surface area (Å²) in [4.78, 5) is 0.382. The van der Waals surface area contributed by atoms with Crippen LogP contribution in [0.25, 0.3) is 0 Å². The van der Waals surface area contributed by atoms with Crippen molar-refractivity contribution in [1.82, 2.24) is 9.03 Å². The number of nitrogens with one attached hydrogen (secondary N) is 1. The molecular weight excluding hydrogens is 420 g/mol. The molecule has 0 saturated carbocycles. The first-order chi connectivity index (χ1) is 14.1. The normalized spacial score (nSPS) is 19.3. The van der Waals surface area contributed by atoms with E-state index in [0.29, 0.717) is 6.42 Å². The van der Waals surface area contributed by atoms with Crippen LogP contribution < -0.4 is 4.72 Å². The van der Waals surface area contributed by atoms with E-state index in [1.54, 1.807) is 60.7 Å². The van der Waals surface area contributed by atoms with Crippen LogP contribution in [0.1, 0.15) is 17.5 Å². The van der Waals surface area contributed by atoms with Gasteiger partial charge in [0, 0.05) is 18.6 Å². The molecule has 30 heavy (non-hydrogen) atoms. The smallest absolute Gasteiger partial charge is 0.207 e. The number of benzene rings is 2. The molecule has 8 heteroatoms. The lowest BCUT2D eigenvalue weighted by Crippen LogP contribution is -2.41. The van der Waals surface area contributed by atoms with Crippen LogP contribution in [0, 0.1) is 13.8 Å². The Labute approximate surface area is 179 Å². The van der Waals surface area contributed by atoms with Gasteiger partial charge in [0.1, 0.15) is 0 Å². The molecule has 0 bridgehead atoms. The Hall–Kier alpha value is -2.26. The Kier molecular flexibility index (Phi) is 6.62. The average molecular weight is 447 g/mol. The van der Waals surface area contributed by atoms with Crippen molar-refractivity contribution in [2.75, 3.05) is 6.54 Å². The van der Waals surface area contributed by atoms with Crippen LogP contribution in [0.4, 0.5) is 0 Å². The average Bonchev–Trinajstić information content (AvgIpc) is 3.13. The molecule has 3 rings (SSSR count). The summed E-state index contributed by atoms with van der Waals surface area (Å²) in [5, 5.41) is 0. The minimum atomic E-state index is -3.75. The minimum Gasteiger partial charge on any atom is -0.207 e. The molecule has 0 fully saturated rings. The van der Waals surface area contributed by atoms with Gasteiger partial charge in [0.15, 0.2) is 0 Å². The van der Waals surface area contributed by atoms with Crippen LogP contribution in [-0.2, 0) is 20.0 Å². The first-order valence-electron chi connectivity index (χ1n) is 9.60. The van der Waals surface area contributed by atoms with Crippen molar-refractivity contribution >= 4 is 20.0 Å². The predicted octanol–water partition coefficient (Wildman–Crippen LogP) is 3.16. The van der Waals surface area contributed by atoms with Crippen LogP contribution >= 0.6 is 0 Å². The second kappa shape index (κ2) is 8.85. The van der Waals surface area contributed by atoms with Crippen molar-refractivity contribution in [3.8, 4) is 0 Å². The Morgan fingerprint density at radius 3 is 2.00 bits per heavy atom. The van der Waals surface area contributed by atoms with Crippen molar-refractivity contribution in [2.24, 2.45) is 0 Å². The predicted molar refractivity (Wildman–Crippen MR) is 118 cm³/mol. The number of hydrogen-bond acceptors (Lipinski definition) is 4. The van der Waals surface area contributed by atoms with Crippen LogP contribution in [0.3, 0.4) is 0 Å². The van der Waals surface area contributed by atoms with Gasteiger partial charge in [0.25, 0.3) is 0 Å². The third kappa shape index (κ3) is 4.89. The van der Waals surface area contributed by atoms with E-state index < -0.39 is 32.1 Å². The molecule has 0 spiro atoms. The molecule has 0 aromatic heterocycles. The van der Waals surface area contributed by atoms with Gasteiger partial charge in [-0.1, -0.05) is 53.6 Å². The molecule has 2 aromatic carbocycles. The number of nitrogens with zero attached hydrogens (tertiary/aromatic N) is 1. The van der Waals surface area contributed by atoms with Crippen molar-refractivity contribution < 1.29 is 16.8 Å². The van der Waals surface area contributed by atoms with Gasteiger partial charge in [-0.05, 0) is 44.5 Å². The summed E-state index contributed by atoms with van der Waals surface area (Å²) in [6, 6.07) is 12.3. The van der Waals surface area contributed by atoms with Gasteiger partial charge in [0.05, 0.1) is 9.79 Å². The summed E-state index contributed by atoms with van der Waals surface area (Å²) >= 11 is 0. The number of aryl methyl sites for hydroxylation is 2. The van der Waals surface area contributed by atoms with E-state index in [0.717, 1.165) is 11.1 Å². The van der Waals surface area contributed by atoms with Crippen molar-refractivity contribution in [3.63, 3.8) is 0 Å². The number of rotatable bonds is 8. The summed E-state index contributed by atoms with van der Waals surface area (Å²) in [6.45, 7) is 7.58. The Morgan fingerprint density at radius 1 is 0.933 bits per heavy atom. The fraction of sp³-hybridized carbons (Fsp3) is 0.273.